The highest BCUT2D eigenvalue weighted by atomic mass is 19.4. The van der Waals surface area contributed by atoms with Gasteiger partial charge in [-0.1, -0.05) is 33.6 Å². The average Bonchev–Trinajstić information content (AvgIpc) is 3.09. The second-order valence-corrected chi connectivity index (χ2v) is 12.1. The Labute approximate surface area is 194 Å². The first-order valence-electron chi connectivity index (χ1n) is 12.8. The summed E-state index contributed by atoms with van der Waals surface area (Å²) in [6, 6.07) is 0. The van der Waals surface area contributed by atoms with E-state index >= 15 is 4.39 Å². The van der Waals surface area contributed by atoms with Crippen molar-refractivity contribution in [1.82, 2.24) is 0 Å². The summed E-state index contributed by atoms with van der Waals surface area (Å²) in [5, 5.41) is 30.1. The topological polar surface area (TPSA) is 60.7 Å². The van der Waals surface area contributed by atoms with Crippen molar-refractivity contribution >= 4 is 0 Å². The van der Waals surface area contributed by atoms with Crippen molar-refractivity contribution in [3.05, 3.63) is 11.4 Å². The molecule has 4 aliphatic rings. The second kappa shape index (κ2) is 8.77. The molecule has 0 heterocycles. The van der Waals surface area contributed by atoms with E-state index in [1.165, 1.54) is 0 Å². The lowest BCUT2D eigenvalue weighted by atomic mass is 9.47. The Morgan fingerprint density at radius 2 is 1.61 bits per heavy atom. The van der Waals surface area contributed by atoms with E-state index in [9.17, 15) is 28.5 Å². The van der Waals surface area contributed by atoms with E-state index in [0.29, 0.717) is 25.2 Å². The largest absolute Gasteiger partial charge is 0.414 e. The van der Waals surface area contributed by atoms with E-state index in [-0.39, 0.29) is 53.2 Å². The van der Waals surface area contributed by atoms with Crippen LogP contribution in [0.2, 0.25) is 0 Å². The number of fused-ring (bicyclic) bond motifs is 5. The van der Waals surface area contributed by atoms with Crippen LogP contribution in [0.3, 0.4) is 0 Å². The van der Waals surface area contributed by atoms with Crippen molar-refractivity contribution in [2.75, 3.05) is 0 Å². The van der Waals surface area contributed by atoms with Crippen LogP contribution in [0.4, 0.5) is 17.6 Å². The summed E-state index contributed by atoms with van der Waals surface area (Å²) in [4.78, 5) is 0. The Hall–Kier alpha value is -0.660. The van der Waals surface area contributed by atoms with Crippen molar-refractivity contribution in [3.8, 4) is 0 Å². The third-order valence-electron chi connectivity index (χ3n) is 10.5. The standard InChI is InChI=1S/C26H40F4O3/c1-14(5-4-6-21(32)26(28,29)30)15-7-8-16-22-17(9-11-24(15,16)2)25(3)12-10-20(31)23(33)18(25)13-19(22)27/h14-18,20-21,23,31-33H,4-13H2,1-3H3/t14-,15-,16?,17+,18?,20+,21?,23?,24-,25-/m1/s1. The highest BCUT2D eigenvalue weighted by Gasteiger charge is 2.61. The molecule has 3 N–H and O–H groups in total. The molecule has 0 aromatic rings. The Kier molecular flexibility index (Phi) is 6.76. The molecule has 7 heteroatoms. The maximum absolute atomic E-state index is 15.7. The molecule has 0 aromatic carbocycles. The van der Waals surface area contributed by atoms with Crippen molar-refractivity contribution < 1.29 is 32.9 Å². The highest BCUT2D eigenvalue weighted by Crippen LogP contribution is 2.68. The van der Waals surface area contributed by atoms with Gasteiger partial charge in [0.1, 0.15) is 11.9 Å². The summed E-state index contributed by atoms with van der Waals surface area (Å²) < 4.78 is 53.5. The molecule has 0 radical (unpaired) electrons. The molecule has 4 aliphatic carbocycles. The van der Waals surface area contributed by atoms with Gasteiger partial charge < -0.3 is 15.3 Å². The molecule has 0 bridgehead atoms. The van der Waals surface area contributed by atoms with Gasteiger partial charge in [0.25, 0.3) is 0 Å². The average molecular weight is 477 g/mol. The molecule has 0 aromatic heterocycles. The summed E-state index contributed by atoms with van der Waals surface area (Å²) >= 11 is 0. The van der Waals surface area contributed by atoms with E-state index in [1.54, 1.807) is 0 Å². The number of alkyl halides is 3. The van der Waals surface area contributed by atoms with Crippen LogP contribution in [0.15, 0.2) is 11.4 Å². The van der Waals surface area contributed by atoms with E-state index in [2.05, 4.69) is 20.8 Å². The maximum Gasteiger partial charge on any atom is 0.414 e. The predicted octanol–water partition coefficient (Wildman–Crippen LogP) is 5.92. The van der Waals surface area contributed by atoms with Gasteiger partial charge in [0, 0.05) is 6.42 Å². The summed E-state index contributed by atoms with van der Waals surface area (Å²) in [5.74, 6) is 0.442. The van der Waals surface area contributed by atoms with E-state index in [4.69, 9.17) is 0 Å². The van der Waals surface area contributed by atoms with Gasteiger partial charge in [0.15, 0.2) is 0 Å². The third-order valence-corrected chi connectivity index (χ3v) is 10.5. The van der Waals surface area contributed by atoms with Gasteiger partial charge >= 0.3 is 6.18 Å². The van der Waals surface area contributed by atoms with Crippen LogP contribution in [-0.4, -0.2) is 39.8 Å². The molecule has 0 spiro atoms. The highest BCUT2D eigenvalue weighted by molar-refractivity contribution is 5.31. The number of aliphatic hydroxyl groups is 3. The fourth-order valence-electron chi connectivity index (χ4n) is 8.55. The van der Waals surface area contributed by atoms with Gasteiger partial charge in [-0.15, -0.1) is 0 Å². The number of allylic oxidation sites excluding steroid dienone is 2. The molecule has 3 nitrogen and oxygen atoms in total. The van der Waals surface area contributed by atoms with Gasteiger partial charge in [-0.05, 0) is 90.9 Å². The Balaban J connectivity index is 1.50. The molecule has 0 saturated heterocycles. The van der Waals surface area contributed by atoms with Crippen LogP contribution in [0.1, 0.15) is 85.0 Å². The Morgan fingerprint density at radius 1 is 0.970 bits per heavy atom. The molecule has 0 amide bonds. The molecule has 190 valence electrons. The van der Waals surface area contributed by atoms with Gasteiger partial charge in [-0.2, -0.15) is 13.2 Å². The third kappa shape index (κ3) is 4.18. The van der Waals surface area contributed by atoms with E-state index < -0.39 is 24.5 Å². The van der Waals surface area contributed by atoms with Crippen molar-refractivity contribution in [1.29, 1.82) is 0 Å². The van der Waals surface area contributed by atoms with Crippen LogP contribution in [0.25, 0.3) is 0 Å². The summed E-state index contributed by atoms with van der Waals surface area (Å²) in [7, 11) is 0. The van der Waals surface area contributed by atoms with Crippen LogP contribution in [0.5, 0.6) is 0 Å². The second-order valence-electron chi connectivity index (χ2n) is 12.1. The minimum Gasteiger partial charge on any atom is -0.390 e. The lowest BCUT2D eigenvalue weighted by Crippen LogP contribution is -2.55. The molecule has 10 atom stereocenters. The Bertz CT molecular complexity index is 767. The molecular weight excluding hydrogens is 436 g/mol. The zero-order valence-electron chi connectivity index (χ0n) is 20.0. The van der Waals surface area contributed by atoms with Gasteiger partial charge in [-0.25, -0.2) is 4.39 Å². The van der Waals surface area contributed by atoms with Crippen molar-refractivity contribution in [2.45, 2.75) is 109 Å². The molecule has 33 heavy (non-hydrogen) atoms. The molecular formula is C26H40F4O3. The smallest absolute Gasteiger partial charge is 0.390 e. The van der Waals surface area contributed by atoms with Crippen LogP contribution in [-0.2, 0) is 0 Å². The number of rotatable bonds is 5. The first-order valence-corrected chi connectivity index (χ1v) is 12.8. The summed E-state index contributed by atoms with van der Waals surface area (Å²) in [5.41, 5.74) is 0.678. The number of hydrogen-bond donors (Lipinski definition) is 3. The zero-order valence-corrected chi connectivity index (χ0v) is 20.0. The van der Waals surface area contributed by atoms with Crippen LogP contribution in [0, 0.1) is 40.4 Å². The van der Waals surface area contributed by atoms with Crippen molar-refractivity contribution in [2.24, 2.45) is 40.4 Å². The van der Waals surface area contributed by atoms with Crippen LogP contribution < -0.4 is 0 Å². The van der Waals surface area contributed by atoms with Crippen LogP contribution >= 0.6 is 0 Å². The van der Waals surface area contributed by atoms with Crippen molar-refractivity contribution in [3.63, 3.8) is 0 Å². The molecule has 0 aliphatic heterocycles. The van der Waals surface area contributed by atoms with Gasteiger partial charge in [0.05, 0.1) is 12.2 Å². The zero-order chi connectivity index (χ0) is 24.3. The molecule has 3 fully saturated rings. The summed E-state index contributed by atoms with van der Waals surface area (Å²) in [6.07, 6.45) is -2.56. The van der Waals surface area contributed by atoms with E-state index in [1.807, 2.05) is 0 Å². The molecule has 3 saturated carbocycles. The maximum atomic E-state index is 15.7. The monoisotopic (exact) mass is 476 g/mol. The fraction of sp³-hybridized carbons (Fsp3) is 0.923. The SMILES string of the molecule is C[C@H](CCCC(O)C(F)(F)F)[C@H]1CCC2C3=C(F)CC4C(O)[C@@H](O)CC[C@]4(C)[C@H]3CC[C@@]21C. The predicted molar refractivity (Wildman–Crippen MR) is 118 cm³/mol. The lowest BCUT2D eigenvalue weighted by Gasteiger charge is -2.59. The summed E-state index contributed by atoms with van der Waals surface area (Å²) in [6.45, 7) is 6.53. The number of hydrogen-bond acceptors (Lipinski definition) is 3. The minimum absolute atomic E-state index is 0.0682. The lowest BCUT2D eigenvalue weighted by molar-refractivity contribution is -0.205. The van der Waals surface area contributed by atoms with Gasteiger partial charge in [0.2, 0.25) is 0 Å². The normalized spacial score (nSPS) is 45.3. The number of aliphatic hydroxyl groups excluding tert-OH is 3. The molecule has 4 rings (SSSR count). The minimum atomic E-state index is -4.56. The fourth-order valence-corrected chi connectivity index (χ4v) is 8.55. The first kappa shape index (κ1) is 25.4. The first-order chi connectivity index (χ1) is 15.3. The van der Waals surface area contributed by atoms with E-state index in [0.717, 1.165) is 37.7 Å². The molecule has 4 unspecified atom stereocenters. The number of halogens is 4. The van der Waals surface area contributed by atoms with Gasteiger partial charge in [-0.3, -0.25) is 0 Å². The quantitative estimate of drug-likeness (QED) is 0.432. The Morgan fingerprint density at radius 3 is 2.27 bits per heavy atom.